The Kier molecular flexibility index (Phi) is 6.95. The van der Waals surface area contributed by atoms with Crippen molar-refractivity contribution in [3.05, 3.63) is 53.0 Å². The van der Waals surface area contributed by atoms with Gasteiger partial charge in [0.25, 0.3) is 0 Å². The molecule has 0 unspecified atom stereocenters. The summed E-state index contributed by atoms with van der Waals surface area (Å²) in [5.41, 5.74) is 2.12. The van der Waals surface area contributed by atoms with Gasteiger partial charge in [0.05, 0.1) is 30.2 Å². The van der Waals surface area contributed by atoms with E-state index in [1.807, 2.05) is 36.4 Å². The molecule has 27 heavy (non-hydrogen) atoms. The van der Waals surface area contributed by atoms with E-state index in [0.29, 0.717) is 23.8 Å². The van der Waals surface area contributed by atoms with E-state index in [4.69, 9.17) is 9.47 Å². The standard InChI is InChI=1S/C20H22N2O3S2/c1-24-16-8-7-14(11-17(16)25-2)9-10-21-19(23)12-26-13-20-22-15-5-3-4-6-18(15)27-20/h3-8,11H,9-10,12-13H2,1-2H3,(H,21,23). The van der Waals surface area contributed by atoms with E-state index in [0.717, 1.165) is 28.3 Å². The molecule has 142 valence electrons. The molecule has 0 atom stereocenters. The van der Waals surface area contributed by atoms with Gasteiger partial charge in [-0.25, -0.2) is 4.98 Å². The van der Waals surface area contributed by atoms with Crippen molar-refractivity contribution in [2.45, 2.75) is 12.2 Å². The van der Waals surface area contributed by atoms with Crippen LogP contribution in [0.4, 0.5) is 0 Å². The Hall–Kier alpha value is -2.25. The van der Waals surface area contributed by atoms with Gasteiger partial charge < -0.3 is 14.8 Å². The Labute approximate surface area is 167 Å². The van der Waals surface area contributed by atoms with E-state index in [-0.39, 0.29) is 5.91 Å². The first-order valence-corrected chi connectivity index (χ1v) is 10.6. The fourth-order valence-corrected chi connectivity index (χ4v) is 4.52. The van der Waals surface area contributed by atoms with E-state index in [9.17, 15) is 4.79 Å². The summed E-state index contributed by atoms with van der Waals surface area (Å²) >= 11 is 3.27. The first-order chi connectivity index (χ1) is 13.2. The van der Waals surface area contributed by atoms with Crippen molar-refractivity contribution >= 4 is 39.2 Å². The largest absolute Gasteiger partial charge is 0.493 e. The second kappa shape index (κ2) is 9.62. The van der Waals surface area contributed by atoms with Crippen molar-refractivity contribution in [2.75, 3.05) is 26.5 Å². The summed E-state index contributed by atoms with van der Waals surface area (Å²) in [7, 11) is 3.23. The molecule has 1 amide bonds. The number of fused-ring (bicyclic) bond motifs is 1. The van der Waals surface area contributed by atoms with E-state index in [2.05, 4.69) is 16.4 Å². The summed E-state index contributed by atoms with van der Waals surface area (Å²) in [5.74, 6) is 2.63. The van der Waals surface area contributed by atoms with E-state index >= 15 is 0 Å². The Morgan fingerprint density at radius 3 is 2.74 bits per heavy atom. The number of thioether (sulfide) groups is 1. The number of aromatic nitrogens is 1. The third-order valence-electron chi connectivity index (χ3n) is 3.98. The molecule has 0 aliphatic rings. The van der Waals surface area contributed by atoms with Crippen molar-refractivity contribution in [3.8, 4) is 11.5 Å². The van der Waals surface area contributed by atoms with Gasteiger partial charge >= 0.3 is 0 Å². The Morgan fingerprint density at radius 2 is 1.96 bits per heavy atom. The number of carbonyl (C=O) groups excluding carboxylic acids is 1. The van der Waals surface area contributed by atoms with Crippen molar-refractivity contribution in [2.24, 2.45) is 0 Å². The van der Waals surface area contributed by atoms with Gasteiger partial charge in [0.2, 0.25) is 5.91 Å². The van der Waals surface area contributed by atoms with Gasteiger partial charge in [-0.05, 0) is 36.2 Å². The zero-order valence-corrected chi connectivity index (χ0v) is 17.0. The number of carbonyl (C=O) groups is 1. The number of nitrogens with zero attached hydrogens (tertiary/aromatic N) is 1. The van der Waals surface area contributed by atoms with Crippen LogP contribution in [0.1, 0.15) is 10.6 Å². The molecule has 0 radical (unpaired) electrons. The van der Waals surface area contributed by atoms with Crippen LogP contribution >= 0.6 is 23.1 Å². The number of benzene rings is 2. The minimum atomic E-state index is 0.0431. The Morgan fingerprint density at radius 1 is 1.15 bits per heavy atom. The highest BCUT2D eigenvalue weighted by Crippen LogP contribution is 2.27. The van der Waals surface area contributed by atoms with E-state index in [1.54, 1.807) is 37.3 Å². The second-order valence-corrected chi connectivity index (χ2v) is 7.96. The number of ether oxygens (including phenoxy) is 2. The predicted octanol–water partition coefficient (Wildman–Crippen LogP) is 3.91. The summed E-state index contributed by atoms with van der Waals surface area (Å²) in [6, 6.07) is 13.9. The summed E-state index contributed by atoms with van der Waals surface area (Å²) in [5, 5.41) is 4.02. The molecule has 5 nitrogen and oxygen atoms in total. The maximum Gasteiger partial charge on any atom is 0.230 e. The summed E-state index contributed by atoms with van der Waals surface area (Å²) in [4.78, 5) is 16.6. The lowest BCUT2D eigenvalue weighted by molar-refractivity contribution is -0.118. The first-order valence-electron chi connectivity index (χ1n) is 8.59. The minimum absolute atomic E-state index is 0.0431. The summed E-state index contributed by atoms with van der Waals surface area (Å²) in [6.07, 6.45) is 0.745. The van der Waals surface area contributed by atoms with Gasteiger partial charge in [-0.15, -0.1) is 23.1 Å². The molecule has 3 aromatic rings. The molecule has 7 heteroatoms. The van der Waals surface area contributed by atoms with Crippen LogP contribution in [-0.4, -0.2) is 37.4 Å². The number of hydrogen-bond acceptors (Lipinski definition) is 6. The second-order valence-electron chi connectivity index (χ2n) is 5.86. The predicted molar refractivity (Wildman–Crippen MR) is 112 cm³/mol. The highest BCUT2D eigenvalue weighted by molar-refractivity contribution is 7.99. The Balaban J connectivity index is 1.39. The number of hydrogen-bond donors (Lipinski definition) is 1. The number of nitrogens with one attached hydrogen (secondary N) is 1. The average Bonchev–Trinajstić information content (AvgIpc) is 3.10. The first kappa shape index (κ1) is 19.5. The van der Waals surface area contributed by atoms with Crippen LogP contribution in [-0.2, 0) is 17.0 Å². The van der Waals surface area contributed by atoms with Crippen molar-refractivity contribution in [1.82, 2.24) is 10.3 Å². The van der Waals surface area contributed by atoms with Crippen molar-refractivity contribution in [1.29, 1.82) is 0 Å². The fraction of sp³-hybridized carbons (Fsp3) is 0.300. The van der Waals surface area contributed by atoms with Crippen molar-refractivity contribution in [3.63, 3.8) is 0 Å². The molecule has 1 N–H and O–H groups in total. The van der Waals surface area contributed by atoms with Gasteiger partial charge in [-0.2, -0.15) is 0 Å². The molecule has 1 heterocycles. The molecule has 0 spiro atoms. The molecule has 0 bridgehead atoms. The summed E-state index contributed by atoms with van der Waals surface area (Å²) in [6.45, 7) is 0.593. The van der Waals surface area contributed by atoms with E-state index < -0.39 is 0 Å². The molecule has 0 aliphatic heterocycles. The van der Waals surface area contributed by atoms with Crippen LogP contribution in [0.3, 0.4) is 0 Å². The number of amides is 1. The number of rotatable bonds is 9. The average molecular weight is 403 g/mol. The normalized spacial score (nSPS) is 10.7. The monoisotopic (exact) mass is 402 g/mol. The highest BCUT2D eigenvalue weighted by Gasteiger charge is 2.07. The maximum atomic E-state index is 12.0. The lowest BCUT2D eigenvalue weighted by atomic mass is 10.1. The zero-order chi connectivity index (χ0) is 19.1. The van der Waals surface area contributed by atoms with Gasteiger partial charge in [-0.3, -0.25) is 4.79 Å². The Bertz CT molecular complexity index is 878. The lowest BCUT2D eigenvalue weighted by Crippen LogP contribution is -2.27. The van der Waals surface area contributed by atoms with Crippen LogP contribution in [0, 0.1) is 0 Å². The van der Waals surface area contributed by atoms with Gasteiger partial charge in [0, 0.05) is 12.3 Å². The molecule has 0 saturated heterocycles. The third-order valence-corrected chi connectivity index (χ3v) is 6.14. The number of para-hydroxylation sites is 1. The highest BCUT2D eigenvalue weighted by atomic mass is 32.2. The molecule has 3 rings (SSSR count). The summed E-state index contributed by atoms with van der Waals surface area (Å²) < 4.78 is 11.7. The topological polar surface area (TPSA) is 60.5 Å². The molecule has 0 fully saturated rings. The van der Waals surface area contributed by atoms with Crippen LogP contribution in [0.25, 0.3) is 10.2 Å². The SMILES string of the molecule is COc1ccc(CCNC(=O)CSCc2nc3ccccc3s2)cc1OC. The van der Waals surface area contributed by atoms with Crippen LogP contribution < -0.4 is 14.8 Å². The van der Waals surface area contributed by atoms with Gasteiger partial charge in [0.1, 0.15) is 5.01 Å². The minimum Gasteiger partial charge on any atom is -0.493 e. The lowest BCUT2D eigenvalue weighted by Gasteiger charge is -2.10. The van der Waals surface area contributed by atoms with Gasteiger partial charge in [-0.1, -0.05) is 18.2 Å². The van der Waals surface area contributed by atoms with E-state index in [1.165, 1.54) is 4.70 Å². The fourth-order valence-electron chi connectivity index (χ4n) is 2.65. The molecular weight excluding hydrogens is 380 g/mol. The third kappa shape index (κ3) is 5.37. The zero-order valence-electron chi connectivity index (χ0n) is 15.4. The van der Waals surface area contributed by atoms with Gasteiger partial charge in [0.15, 0.2) is 11.5 Å². The molecule has 2 aromatic carbocycles. The molecular formula is C20H22N2O3S2. The van der Waals surface area contributed by atoms with Crippen molar-refractivity contribution < 1.29 is 14.3 Å². The van der Waals surface area contributed by atoms with Crippen LogP contribution in [0.2, 0.25) is 0 Å². The molecule has 1 aromatic heterocycles. The smallest absolute Gasteiger partial charge is 0.230 e. The van der Waals surface area contributed by atoms with Crippen LogP contribution in [0.5, 0.6) is 11.5 Å². The maximum absolute atomic E-state index is 12.0. The number of methoxy groups -OCH3 is 2. The number of thiazole rings is 1. The quantitative estimate of drug-likeness (QED) is 0.588. The molecule has 0 aliphatic carbocycles. The molecule has 0 saturated carbocycles. The van der Waals surface area contributed by atoms with Crippen LogP contribution in [0.15, 0.2) is 42.5 Å².